The van der Waals surface area contributed by atoms with E-state index in [-0.39, 0.29) is 23.9 Å². The van der Waals surface area contributed by atoms with E-state index in [1.807, 2.05) is 0 Å². The van der Waals surface area contributed by atoms with Crippen LogP contribution in [0.25, 0.3) is 0 Å². The van der Waals surface area contributed by atoms with Gasteiger partial charge in [0.2, 0.25) is 5.91 Å². The summed E-state index contributed by atoms with van der Waals surface area (Å²) in [6.07, 6.45) is -2.54. The van der Waals surface area contributed by atoms with Gasteiger partial charge in [-0.3, -0.25) is 4.79 Å². The minimum Gasteiger partial charge on any atom is -0.345 e. The molecule has 2 nitrogen and oxygen atoms in total. The van der Waals surface area contributed by atoms with Gasteiger partial charge in [-0.15, -0.1) is 0 Å². The van der Waals surface area contributed by atoms with Gasteiger partial charge >= 0.3 is 6.18 Å². The van der Waals surface area contributed by atoms with Crippen LogP contribution in [-0.4, -0.2) is 12.5 Å². The highest BCUT2D eigenvalue weighted by atomic mass is 19.4. The quantitative estimate of drug-likeness (QED) is 0.820. The number of hydrogen-bond donors (Lipinski definition) is 1. The fraction of sp³-hybridized carbons (Fsp3) is 0.357. The third kappa shape index (κ3) is 4.02. The second-order valence-electron chi connectivity index (χ2n) is 4.37. The highest BCUT2D eigenvalue weighted by molar-refractivity contribution is 5.81. The maximum Gasteiger partial charge on any atom is 0.416 e. The minimum absolute atomic E-state index is 0.0293. The summed E-state index contributed by atoms with van der Waals surface area (Å²) in [6, 6.07) is 4.82. The van der Waals surface area contributed by atoms with Crippen LogP contribution in [0.4, 0.5) is 13.2 Å². The lowest BCUT2D eigenvalue weighted by molar-refractivity contribution is -0.137. The standard InChI is InChI=1S/C14H12F3NO/c15-14(16,17)12-5-1-3-10(9-12)4-2-8-18-13(19)11-6-7-11/h1,3,5,9,11H,6-8H2,(H,18,19). The first kappa shape index (κ1) is 13.5. The molecule has 1 saturated carbocycles. The molecule has 1 N–H and O–H groups in total. The van der Waals surface area contributed by atoms with Gasteiger partial charge in [-0.1, -0.05) is 17.9 Å². The normalized spacial score (nSPS) is 14.5. The lowest BCUT2D eigenvalue weighted by atomic mass is 10.1. The highest BCUT2D eigenvalue weighted by Gasteiger charge is 2.30. The molecule has 0 atom stereocenters. The molecule has 1 aliphatic rings. The van der Waals surface area contributed by atoms with Crippen molar-refractivity contribution < 1.29 is 18.0 Å². The summed E-state index contributed by atoms with van der Waals surface area (Å²) < 4.78 is 37.4. The number of amides is 1. The van der Waals surface area contributed by atoms with Crippen LogP contribution in [0.3, 0.4) is 0 Å². The molecular formula is C14H12F3NO. The van der Waals surface area contributed by atoms with Crippen LogP contribution in [0.1, 0.15) is 24.0 Å². The zero-order chi connectivity index (χ0) is 13.9. The van der Waals surface area contributed by atoms with E-state index in [1.165, 1.54) is 12.1 Å². The number of carbonyl (C=O) groups is 1. The zero-order valence-electron chi connectivity index (χ0n) is 10.1. The molecule has 1 aromatic carbocycles. The summed E-state index contributed by atoms with van der Waals surface area (Å²) in [6.45, 7) is 0.158. The Bertz CT molecular complexity index is 536. The first-order chi connectivity index (χ1) is 8.97. The monoisotopic (exact) mass is 267 g/mol. The Morgan fingerprint density at radius 1 is 1.37 bits per heavy atom. The molecule has 0 unspecified atom stereocenters. The molecule has 1 fully saturated rings. The molecule has 1 amide bonds. The van der Waals surface area contributed by atoms with Crippen LogP contribution in [0.2, 0.25) is 0 Å². The number of benzene rings is 1. The predicted molar refractivity (Wildman–Crippen MR) is 64.1 cm³/mol. The molecule has 0 bridgehead atoms. The van der Waals surface area contributed by atoms with Gasteiger partial charge in [0.25, 0.3) is 0 Å². The van der Waals surface area contributed by atoms with Gasteiger partial charge in [-0.25, -0.2) is 0 Å². The first-order valence-electron chi connectivity index (χ1n) is 5.90. The predicted octanol–water partition coefficient (Wildman–Crippen LogP) is 2.58. The molecule has 1 aromatic rings. The lowest BCUT2D eigenvalue weighted by Crippen LogP contribution is -2.24. The van der Waals surface area contributed by atoms with E-state index in [9.17, 15) is 18.0 Å². The molecule has 1 aliphatic carbocycles. The molecule has 0 spiro atoms. The molecule has 2 rings (SSSR count). The number of hydrogen-bond acceptors (Lipinski definition) is 1. The maximum absolute atomic E-state index is 12.5. The van der Waals surface area contributed by atoms with Gasteiger partial charge in [0.05, 0.1) is 12.1 Å². The molecule has 0 aliphatic heterocycles. The first-order valence-corrected chi connectivity index (χ1v) is 5.90. The SMILES string of the molecule is O=C(NCC#Cc1cccc(C(F)(F)F)c1)C1CC1. The molecule has 0 aromatic heterocycles. The maximum atomic E-state index is 12.5. The van der Waals surface area contributed by atoms with Crippen molar-refractivity contribution in [2.24, 2.45) is 5.92 Å². The largest absolute Gasteiger partial charge is 0.416 e. The number of alkyl halides is 3. The van der Waals surface area contributed by atoms with Gasteiger partial charge < -0.3 is 5.32 Å². The van der Waals surface area contributed by atoms with Crippen LogP contribution < -0.4 is 5.32 Å². The van der Waals surface area contributed by atoms with Crippen LogP contribution in [0.15, 0.2) is 24.3 Å². The number of halogens is 3. The summed E-state index contributed by atoms with van der Waals surface area (Å²) >= 11 is 0. The van der Waals surface area contributed by atoms with Gasteiger partial charge in [-0.05, 0) is 31.0 Å². The van der Waals surface area contributed by atoms with Crippen LogP contribution in [-0.2, 0) is 11.0 Å². The van der Waals surface area contributed by atoms with Crippen LogP contribution in [0.5, 0.6) is 0 Å². The summed E-state index contributed by atoms with van der Waals surface area (Å²) in [5.41, 5.74) is -0.434. The van der Waals surface area contributed by atoms with Crippen molar-refractivity contribution in [1.82, 2.24) is 5.32 Å². The molecular weight excluding hydrogens is 255 g/mol. The van der Waals surface area contributed by atoms with Crippen molar-refractivity contribution in [1.29, 1.82) is 0 Å². The van der Waals surface area contributed by atoms with Crippen molar-refractivity contribution in [2.45, 2.75) is 19.0 Å². The Morgan fingerprint density at radius 2 is 2.11 bits per heavy atom. The molecule has 0 radical (unpaired) electrons. The van der Waals surface area contributed by atoms with Gasteiger partial charge in [0, 0.05) is 11.5 Å². The van der Waals surface area contributed by atoms with Crippen molar-refractivity contribution in [3.63, 3.8) is 0 Å². The fourth-order valence-electron chi connectivity index (χ4n) is 1.54. The minimum atomic E-state index is -4.36. The summed E-state index contributed by atoms with van der Waals surface area (Å²) in [5.74, 6) is 5.33. The van der Waals surface area contributed by atoms with Crippen LogP contribution in [0, 0.1) is 17.8 Å². The van der Waals surface area contributed by atoms with Gasteiger partial charge in [-0.2, -0.15) is 13.2 Å². The summed E-state index contributed by atoms with van der Waals surface area (Å²) in [5, 5.41) is 2.62. The van der Waals surface area contributed by atoms with E-state index in [2.05, 4.69) is 17.2 Å². The third-order valence-corrected chi connectivity index (χ3v) is 2.72. The molecule has 0 heterocycles. The second-order valence-corrected chi connectivity index (χ2v) is 4.37. The van der Waals surface area contributed by atoms with Crippen molar-refractivity contribution in [3.05, 3.63) is 35.4 Å². The van der Waals surface area contributed by atoms with Crippen molar-refractivity contribution >= 4 is 5.91 Å². The Morgan fingerprint density at radius 3 is 2.74 bits per heavy atom. The Hall–Kier alpha value is -1.96. The fourth-order valence-corrected chi connectivity index (χ4v) is 1.54. The van der Waals surface area contributed by atoms with E-state index in [4.69, 9.17) is 0 Å². The molecule has 100 valence electrons. The lowest BCUT2D eigenvalue weighted by Gasteiger charge is -2.05. The summed E-state index contributed by atoms with van der Waals surface area (Å²) in [4.78, 5) is 11.3. The number of nitrogens with one attached hydrogen (secondary N) is 1. The van der Waals surface area contributed by atoms with Gasteiger partial charge in [0.15, 0.2) is 0 Å². The Kier molecular flexibility index (Phi) is 3.79. The zero-order valence-corrected chi connectivity index (χ0v) is 10.1. The number of carbonyl (C=O) groups excluding carboxylic acids is 1. The molecule has 0 saturated heterocycles. The Labute approximate surface area is 109 Å². The van der Waals surface area contributed by atoms with E-state index >= 15 is 0 Å². The van der Waals surface area contributed by atoms with E-state index in [0.717, 1.165) is 25.0 Å². The topological polar surface area (TPSA) is 29.1 Å². The van der Waals surface area contributed by atoms with E-state index < -0.39 is 11.7 Å². The molecule has 19 heavy (non-hydrogen) atoms. The highest BCUT2D eigenvalue weighted by Crippen LogP contribution is 2.29. The van der Waals surface area contributed by atoms with Crippen LogP contribution >= 0.6 is 0 Å². The second kappa shape index (κ2) is 5.35. The average molecular weight is 267 g/mol. The van der Waals surface area contributed by atoms with Crippen molar-refractivity contribution in [2.75, 3.05) is 6.54 Å². The smallest absolute Gasteiger partial charge is 0.345 e. The third-order valence-electron chi connectivity index (χ3n) is 2.72. The van der Waals surface area contributed by atoms with E-state index in [1.54, 1.807) is 0 Å². The van der Waals surface area contributed by atoms with Gasteiger partial charge in [0.1, 0.15) is 0 Å². The molecule has 5 heteroatoms. The van der Waals surface area contributed by atoms with E-state index in [0.29, 0.717) is 0 Å². The Balaban J connectivity index is 1.93. The number of rotatable bonds is 2. The average Bonchev–Trinajstić information content (AvgIpc) is 3.18. The van der Waals surface area contributed by atoms with Crippen molar-refractivity contribution in [3.8, 4) is 11.8 Å². The summed E-state index contributed by atoms with van der Waals surface area (Å²) in [7, 11) is 0.